The summed E-state index contributed by atoms with van der Waals surface area (Å²) in [7, 11) is 0. The molecule has 0 radical (unpaired) electrons. The van der Waals surface area contributed by atoms with Gasteiger partial charge >= 0.3 is 0 Å². The van der Waals surface area contributed by atoms with E-state index in [1.54, 1.807) is 24.3 Å². The Morgan fingerprint density at radius 1 is 0.923 bits per heavy atom. The third-order valence-electron chi connectivity index (χ3n) is 2.49. The third-order valence-corrected chi connectivity index (χ3v) is 2.92. The first kappa shape index (κ1) is 26.7. The lowest BCUT2D eigenvalue weighted by Crippen LogP contribution is -2.41. The number of benzene rings is 2. The Labute approximate surface area is 169 Å². The van der Waals surface area contributed by atoms with Crippen LogP contribution in [-0.2, 0) is 0 Å². The number of hydrazine groups is 1. The molecule has 0 aromatic heterocycles. The Kier molecular flexibility index (Phi) is 14.1. The van der Waals surface area contributed by atoms with E-state index < -0.39 is 16.3 Å². The summed E-state index contributed by atoms with van der Waals surface area (Å²) in [6, 6.07) is 14.0. The molecule has 26 heavy (non-hydrogen) atoms. The monoisotopic (exact) mass is 422 g/mol. The van der Waals surface area contributed by atoms with Crippen LogP contribution in [0, 0.1) is 5.82 Å². The van der Waals surface area contributed by atoms with Gasteiger partial charge in [0.1, 0.15) is 5.82 Å². The first-order valence-corrected chi connectivity index (χ1v) is 8.00. The van der Waals surface area contributed by atoms with Crippen molar-refractivity contribution in [3.05, 3.63) is 71.5 Å². The SMILES string of the molecule is CC(C)(C)NN.Cl.O=C(Cl)c1cccc(F)c1.O=C(Cl)c1ccccc1. The Morgan fingerprint density at radius 3 is 1.62 bits per heavy atom. The summed E-state index contributed by atoms with van der Waals surface area (Å²) in [5.74, 6) is 4.60. The molecule has 0 aliphatic heterocycles. The highest BCUT2D eigenvalue weighted by Gasteiger charge is 2.02. The van der Waals surface area contributed by atoms with Crippen LogP contribution >= 0.6 is 35.6 Å². The van der Waals surface area contributed by atoms with E-state index in [1.165, 1.54) is 18.2 Å². The molecule has 144 valence electrons. The van der Waals surface area contributed by atoms with Crippen LogP contribution in [0.1, 0.15) is 41.5 Å². The largest absolute Gasteiger partial charge is 0.276 e. The minimum absolute atomic E-state index is 0. The predicted octanol–water partition coefficient (Wildman–Crippen LogP) is 4.94. The van der Waals surface area contributed by atoms with Crippen molar-refractivity contribution in [1.82, 2.24) is 5.43 Å². The molecular formula is C18H22Cl3FN2O2. The van der Waals surface area contributed by atoms with Crippen LogP contribution in [0.4, 0.5) is 4.39 Å². The van der Waals surface area contributed by atoms with Gasteiger partial charge in [0, 0.05) is 16.7 Å². The number of nitrogens with one attached hydrogen (secondary N) is 1. The highest BCUT2D eigenvalue weighted by atomic mass is 35.5. The van der Waals surface area contributed by atoms with Crippen LogP contribution in [0.3, 0.4) is 0 Å². The number of halogens is 4. The number of rotatable bonds is 2. The maximum Gasteiger partial charge on any atom is 0.252 e. The van der Waals surface area contributed by atoms with Crippen molar-refractivity contribution in [2.75, 3.05) is 0 Å². The highest BCUT2D eigenvalue weighted by molar-refractivity contribution is 6.68. The Bertz CT molecular complexity index is 678. The zero-order valence-corrected chi connectivity index (χ0v) is 17.0. The van der Waals surface area contributed by atoms with E-state index in [4.69, 9.17) is 29.0 Å². The Morgan fingerprint density at radius 2 is 1.35 bits per heavy atom. The van der Waals surface area contributed by atoms with Crippen molar-refractivity contribution < 1.29 is 14.0 Å². The van der Waals surface area contributed by atoms with Crippen molar-refractivity contribution in [2.24, 2.45) is 5.84 Å². The molecule has 8 heteroatoms. The quantitative estimate of drug-likeness (QED) is 0.408. The van der Waals surface area contributed by atoms with Crippen molar-refractivity contribution in [3.63, 3.8) is 0 Å². The smallest absolute Gasteiger partial charge is 0.252 e. The topological polar surface area (TPSA) is 72.2 Å². The maximum absolute atomic E-state index is 12.3. The van der Waals surface area contributed by atoms with Crippen molar-refractivity contribution >= 4 is 46.1 Å². The van der Waals surface area contributed by atoms with Gasteiger partial charge in [-0.2, -0.15) is 0 Å². The molecule has 0 heterocycles. The molecule has 0 amide bonds. The van der Waals surface area contributed by atoms with Gasteiger partial charge in [0.2, 0.25) is 0 Å². The van der Waals surface area contributed by atoms with Gasteiger partial charge in [0.15, 0.2) is 0 Å². The number of carbonyl (C=O) groups excluding carboxylic acids is 2. The number of nitrogens with two attached hydrogens (primary N) is 1. The van der Waals surface area contributed by atoms with Crippen LogP contribution in [-0.4, -0.2) is 16.0 Å². The van der Waals surface area contributed by atoms with Crippen molar-refractivity contribution in [2.45, 2.75) is 26.3 Å². The van der Waals surface area contributed by atoms with Gasteiger partial charge in [-0.1, -0.05) is 36.4 Å². The van der Waals surface area contributed by atoms with Gasteiger partial charge in [-0.15, -0.1) is 12.4 Å². The minimum Gasteiger partial charge on any atom is -0.276 e. The van der Waals surface area contributed by atoms with Gasteiger partial charge in [-0.05, 0) is 62.2 Å². The van der Waals surface area contributed by atoms with E-state index in [0.717, 1.165) is 6.07 Å². The lowest BCUT2D eigenvalue weighted by molar-refractivity contribution is 0.107. The summed E-state index contributed by atoms with van der Waals surface area (Å²) in [6.45, 7) is 6.02. The molecule has 3 N–H and O–H groups in total. The molecule has 0 aliphatic carbocycles. The van der Waals surface area contributed by atoms with Crippen LogP contribution in [0.2, 0.25) is 0 Å². The average molecular weight is 424 g/mol. The highest BCUT2D eigenvalue weighted by Crippen LogP contribution is 2.05. The first-order valence-electron chi connectivity index (χ1n) is 7.25. The summed E-state index contributed by atoms with van der Waals surface area (Å²) < 4.78 is 12.3. The first-order chi connectivity index (χ1) is 11.6. The van der Waals surface area contributed by atoms with Gasteiger partial charge in [0.05, 0.1) is 0 Å². The fraction of sp³-hybridized carbons (Fsp3) is 0.222. The van der Waals surface area contributed by atoms with E-state index in [0.29, 0.717) is 5.56 Å². The second-order valence-electron chi connectivity index (χ2n) is 5.82. The fourth-order valence-electron chi connectivity index (χ4n) is 1.18. The molecule has 0 saturated heterocycles. The van der Waals surface area contributed by atoms with E-state index in [1.807, 2.05) is 26.8 Å². The molecule has 2 aromatic carbocycles. The lowest BCUT2D eigenvalue weighted by Gasteiger charge is -2.14. The molecule has 2 aromatic rings. The van der Waals surface area contributed by atoms with Gasteiger partial charge in [-0.25, -0.2) is 4.39 Å². The summed E-state index contributed by atoms with van der Waals surface area (Å²) in [5, 5.41) is -1.05. The predicted molar refractivity (Wildman–Crippen MR) is 108 cm³/mol. The van der Waals surface area contributed by atoms with Crippen LogP contribution in [0.15, 0.2) is 54.6 Å². The fourth-order valence-corrected chi connectivity index (χ4v) is 1.42. The molecule has 0 spiro atoms. The molecule has 0 atom stereocenters. The van der Waals surface area contributed by atoms with Crippen molar-refractivity contribution in [3.8, 4) is 0 Å². The third kappa shape index (κ3) is 13.8. The van der Waals surface area contributed by atoms with Gasteiger partial charge in [-0.3, -0.25) is 20.9 Å². The molecule has 0 unspecified atom stereocenters. The summed E-state index contributed by atoms with van der Waals surface area (Å²) >= 11 is 10.2. The normalized spacial score (nSPS) is 9.50. The zero-order valence-electron chi connectivity index (χ0n) is 14.6. The average Bonchev–Trinajstić information content (AvgIpc) is 2.56. The van der Waals surface area contributed by atoms with E-state index in [-0.39, 0.29) is 23.5 Å². The molecule has 0 bridgehead atoms. The zero-order chi connectivity index (χ0) is 19.5. The minimum atomic E-state index is -0.639. The maximum atomic E-state index is 12.3. The molecule has 4 nitrogen and oxygen atoms in total. The van der Waals surface area contributed by atoms with Gasteiger partial charge < -0.3 is 0 Å². The van der Waals surface area contributed by atoms with E-state index in [2.05, 4.69) is 5.43 Å². The molecule has 0 fully saturated rings. The summed E-state index contributed by atoms with van der Waals surface area (Å²) in [5.41, 5.74) is 3.40. The lowest BCUT2D eigenvalue weighted by atomic mass is 10.1. The van der Waals surface area contributed by atoms with Crippen LogP contribution < -0.4 is 11.3 Å². The second kappa shape index (κ2) is 13.7. The standard InChI is InChI=1S/C7H4ClFO.C7H5ClO.C4H12N2.ClH/c8-7(10)5-2-1-3-6(9)4-5;8-7(9)6-4-2-1-3-5-6;1-4(2,3)6-5;/h1-4H;1-5H;6H,5H2,1-3H3;1H. The second-order valence-corrected chi connectivity index (χ2v) is 6.50. The molecule has 0 saturated carbocycles. The number of hydrogen-bond donors (Lipinski definition) is 2. The molecule has 2 rings (SSSR count). The van der Waals surface area contributed by atoms with Gasteiger partial charge in [0.25, 0.3) is 10.5 Å². The van der Waals surface area contributed by atoms with E-state index in [9.17, 15) is 14.0 Å². The van der Waals surface area contributed by atoms with Crippen molar-refractivity contribution in [1.29, 1.82) is 0 Å². The Hall–Kier alpha value is -1.50. The molecule has 0 aliphatic rings. The van der Waals surface area contributed by atoms with Crippen LogP contribution in [0.5, 0.6) is 0 Å². The number of hydrogen-bond acceptors (Lipinski definition) is 4. The Balaban J connectivity index is 0. The van der Waals surface area contributed by atoms with Crippen LogP contribution in [0.25, 0.3) is 0 Å². The number of carbonyl (C=O) groups is 2. The molecular weight excluding hydrogens is 402 g/mol. The summed E-state index contributed by atoms with van der Waals surface area (Å²) in [6.07, 6.45) is 0. The summed E-state index contributed by atoms with van der Waals surface area (Å²) in [4.78, 5) is 20.8. The van der Waals surface area contributed by atoms with E-state index >= 15 is 0 Å².